The molecule has 2 rings (SSSR count). The molecule has 19 heavy (non-hydrogen) atoms. The molecular weight excluding hydrogens is 258 g/mol. The van der Waals surface area contributed by atoms with Gasteiger partial charge in [-0.1, -0.05) is 30.0 Å². The number of carbonyl (C=O) groups is 1. The molecule has 2 N–H and O–H groups in total. The summed E-state index contributed by atoms with van der Waals surface area (Å²) in [5.41, 5.74) is 0.812. The maximum Gasteiger partial charge on any atom is 0.325 e. The molecule has 0 aromatic heterocycles. The van der Waals surface area contributed by atoms with Gasteiger partial charge in [-0.3, -0.25) is 4.79 Å². The van der Waals surface area contributed by atoms with Crippen molar-refractivity contribution in [1.29, 1.82) is 0 Å². The van der Waals surface area contributed by atoms with Crippen molar-refractivity contribution in [3.8, 4) is 0 Å². The van der Waals surface area contributed by atoms with Crippen molar-refractivity contribution in [3.63, 3.8) is 0 Å². The molecule has 0 radical (unpaired) electrons. The van der Waals surface area contributed by atoms with Crippen molar-refractivity contribution >= 4 is 23.4 Å². The monoisotopic (exact) mass is 273 g/mol. The van der Waals surface area contributed by atoms with Crippen LogP contribution in [0.25, 0.3) is 0 Å². The van der Waals surface area contributed by atoms with Gasteiger partial charge in [0.25, 0.3) is 0 Å². The van der Waals surface area contributed by atoms with Gasteiger partial charge in [0, 0.05) is 15.5 Å². The fourth-order valence-corrected chi connectivity index (χ4v) is 2.39. The number of rotatable bonds is 5. The Kier molecular flexibility index (Phi) is 4.47. The van der Waals surface area contributed by atoms with E-state index in [2.05, 4.69) is 17.4 Å². The summed E-state index contributed by atoms with van der Waals surface area (Å²) in [6, 6.07) is 17.3. The fourth-order valence-electron chi connectivity index (χ4n) is 1.56. The number of nitrogens with one attached hydrogen (secondary N) is 1. The van der Waals surface area contributed by atoms with Crippen LogP contribution in [0.4, 0.5) is 5.69 Å². The van der Waals surface area contributed by atoms with E-state index in [0.717, 1.165) is 10.6 Å². The van der Waals surface area contributed by atoms with E-state index >= 15 is 0 Å². The minimum Gasteiger partial charge on any atom is -0.480 e. The highest BCUT2D eigenvalue weighted by atomic mass is 32.2. The van der Waals surface area contributed by atoms with Gasteiger partial charge < -0.3 is 10.4 Å². The molecule has 0 heterocycles. The van der Waals surface area contributed by atoms with Crippen LogP contribution < -0.4 is 5.32 Å². The highest BCUT2D eigenvalue weighted by molar-refractivity contribution is 7.99. The van der Waals surface area contributed by atoms with E-state index in [-0.39, 0.29) is 0 Å². The third-order valence-corrected chi connectivity index (χ3v) is 3.60. The summed E-state index contributed by atoms with van der Waals surface area (Å²) in [6.45, 7) is 1.62. The van der Waals surface area contributed by atoms with Gasteiger partial charge in [0.15, 0.2) is 0 Å². The summed E-state index contributed by atoms with van der Waals surface area (Å²) in [5, 5.41) is 11.7. The van der Waals surface area contributed by atoms with E-state index in [1.165, 1.54) is 4.90 Å². The van der Waals surface area contributed by atoms with Crippen LogP contribution >= 0.6 is 11.8 Å². The highest BCUT2D eigenvalue weighted by Crippen LogP contribution is 2.28. The van der Waals surface area contributed by atoms with Gasteiger partial charge in [0.2, 0.25) is 0 Å². The second kappa shape index (κ2) is 6.29. The molecule has 0 saturated heterocycles. The second-order valence-electron chi connectivity index (χ2n) is 4.14. The van der Waals surface area contributed by atoms with E-state index in [9.17, 15) is 4.79 Å². The van der Waals surface area contributed by atoms with Gasteiger partial charge in [-0.15, -0.1) is 0 Å². The topological polar surface area (TPSA) is 49.3 Å². The van der Waals surface area contributed by atoms with Crippen LogP contribution in [0.2, 0.25) is 0 Å². The Morgan fingerprint density at radius 3 is 2.21 bits per heavy atom. The average molecular weight is 273 g/mol. The normalized spacial score (nSPS) is 11.8. The first-order valence-corrected chi connectivity index (χ1v) is 6.79. The molecule has 4 heteroatoms. The molecule has 0 aliphatic heterocycles. The Bertz CT molecular complexity index is 540. The summed E-state index contributed by atoms with van der Waals surface area (Å²) >= 11 is 1.68. The summed E-state index contributed by atoms with van der Waals surface area (Å²) in [6.07, 6.45) is 0. The lowest BCUT2D eigenvalue weighted by atomic mass is 10.2. The van der Waals surface area contributed by atoms with Crippen molar-refractivity contribution in [2.24, 2.45) is 0 Å². The predicted molar refractivity (Wildman–Crippen MR) is 77.7 cm³/mol. The highest BCUT2D eigenvalue weighted by Gasteiger charge is 2.09. The van der Waals surface area contributed by atoms with Crippen LogP contribution in [0.5, 0.6) is 0 Å². The number of anilines is 1. The van der Waals surface area contributed by atoms with Crippen LogP contribution in [0, 0.1) is 0 Å². The number of carboxylic acid groups (broad SMARTS) is 1. The predicted octanol–water partition coefficient (Wildman–Crippen LogP) is 3.72. The van der Waals surface area contributed by atoms with Crippen molar-refractivity contribution < 1.29 is 9.90 Å². The van der Waals surface area contributed by atoms with Crippen molar-refractivity contribution in [3.05, 3.63) is 54.6 Å². The van der Waals surface area contributed by atoms with Crippen LogP contribution in [0.1, 0.15) is 6.92 Å². The van der Waals surface area contributed by atoms with Gasteiger partial charge >= 0.3 is 5.97 Å². The molecule has 1 atom stereocenters. The van der Waals surface area contributed by atoms with Crippen LogP contribution in [0.3, 0.4) is 0 Å². The quantitative estimate of drug-likeness (QED) is 0.871. The maximum atomic E-state index is 10.7. The summed E-state index contributed by atoms with van der Waals surface area (Å²) < 4.78 is 0. The lowest BCUT2D eigenvalue weighted by Gasteiger charge is -2.11. The molecule has 0 fully saturated rings. The molecule has 0 amide bonds. The molecular formula is C15H15NO2S. The third-order valence-electron chi connectivity index (χ3n) is 2.59. The number of hydrogen-bond donors (Lipinski definition) is 2. The fraction of sp³-hybridized carbons (Fsp3) is 0.133. The van der Waals surface area contributed by atoms with E-state index < -0.39 is 12.0 Å². The van der Waals surface area contributed by atoms with E-state index in [4.69, 9.17) is 5.11 Å². The van der Waals surface area contributed by atoms with Crippen molar-refractivity contribution in [2.45, 2.75) is 22.8 Å². The minimum atomic E-state index is -0.859. The van der Waals surface area contributed by atoms with E-state index in [1.54, 1.807) is 18.7 Å². The Morgan fingerprint density at radius 1 is 1.05 bits per heavy atom. The van der Waals surface area contributed by atoms with Crippen molar-refractivity contribution in [2.75, 3.05) is 5.32 Å². The molecule has 0 aliphatic carbocycles. The van der Waals surface area contributed by atoms with Gasteiger partial charge in [-0.2, -0.15) is 0 Å². The molecule has 2 aromatic rings. The zero-order chi connectivity index (χ0) is 13.7. The first-order chi connectivity index (χ1) is 9.15. The smallest absolute Gasteiger partial charge is 0.325 e. The molecule has 98 valence electrons. The molecule has 0 aliphatic rings. The molecule has 2 aromatic carbocycles. The Hall–Kier alpha value is -1.94. The lowest BCUT2D eigenvalue weighted by Crippen LogP contribution is -2.25. The number of aliphatic carboxylic acids is 1. The number of benzene rings is 2. The van der Waals surface area contributed by atoms with Gasteiger partial charge in [-0.05, 0) is 43.3 Å². The average Bonchev–Trinajstić information content (AvgIpc) is 2.42. The Morgan fingerprint density at radius 2 is 1.63 bits per heavy atom. The Labute approximate surface area is 116 Å². The van der Waals surface area contributed by atoms with E-state index in [0.29, 0.717) is 0 Å². The number of carboxylic acids is 1. The second-order valence-corrected chi connectivity index (χ2v) is 5.29. The standard InChI is InChI=1S/C15H15NO2S/c1-11(15(17)18)16-12-7-9-14(10-8-12)19-13-5-3-2-4-6-13/h2-11,16H,1H3,(H,17,18). The van der Waals surface area contributed by atoms with Crippen LogP contribution in [0.15, 0.2) is 64.4 Å². The van der Waals surface area contributed by atoms with Gasteiger partial charge in [0.05, 0.1) is 0 Å². The first-order valence-electron chi connectivity index (χ1n) is 5.97. The van der Waals surface area contributed by atoms with Gasteiger partial charge in [-0.25, -0.2) is 0 Å². The largest absolute Gasteiger partial charge is 0.480 e. The molecule has 0 bridgehead atoms. The SMILES string of the molecule is CC(Nc1ccc(Sc2ccccc2)cc1)C(=O)O. The summed E-state index contributed by atoms with van der Waals surface area (Å²) in [5.74, 6) is -0.859. The van der Waals surface area contributed by atoms with E-state index in [1.807, 2.05) is 42.5 Å². The zero-order valence-corrected chi connectivity index (χ0v) is 11.4. The zero-order valence-electron chi connectivity index (χ0n) is 10.5. The third kappa shape index (κ3) is 4.03. The molecule has 0 saturated carbocycles. The van der Waals surface area contributed by atoms with Crippen LogP contribution in [-0.2, 0) is 4.79 Å². The summed E-state index contributed by atoms with van der Waals surface area (Å²) in [7, 11) is 0. The first kappa shape index (κ1) is 13.5. The molecule has 0 spiro atoms. The Balaban J connectivity index is 2.01. The van der Waals surface area contributed by atoms with Crippen LogP contribution in [-0.4, -0.2) is 17.1 Å². The summed E-state index contributed by atoms with van der Waals surface area (Å²) in [4.78, 5) is 13.1. The lowest BCUT2D eigenvalue weighted by molar-refractivity contribution is -0.137. The number of hydrogen-bond acceptors (Lipinski definition) is 3. The minimum absolute atomic E-state index is 0.590. The maximum absolute atomic E-state index is 10.7. The van der Waals surface area contributed by atoms with Crippen molar-refractivity contribution in [1.82, 2.24) is 0 Å². The van der Waals surface area contributed by atoms with Gasteiger partial charge in [0.1, 0.15) is 6.04 Å². The molecule has 3 nitrogen and oxygen atoms in total. The molecule has 1 unspecified atom stereocenters.